The van der Waals surface area contributed by atoms with Crippen LogP contribution in [0.2, 0.25) is 0 Å². The van der Waals surface area contributed by atoms with E-state index in [4.69, 9.17) is 4.74 Å². The van der Waals surface area contributed by atoms with Crippen LogP contribution < -0.4 is 0 Å². The summed E-state index contributed by atoms with van der Waals surface area (Å²) in [5, 5.41) is 0. The molecule has 0 unspecified atom stereocenters. The van der Waals surface area contributed by atoms with E-state index in [2.05, 4.69) is 55.0 Å². The van der Waals surface area contributed by atoms with Crippen molar-refractivity contribution in [2.24, 2.45) is 56.7 Å². The molecule has 0 aromatic carbocycles. The van der Waals surface area contributed by atoms with Crippen molar-refractivity contribution in [3.63, 3.8) is 0 Å². The Balaban J connectivity index is 1.53. The summed E-state index contributed by atoms with van der Waals surface area (Å²) in [6, 6.07) is 0. The van der Waals surface area contributed by atoms with Gasteiger partial charge in [-0.1, -0.05) is 53.7 Å². The standard InChI is InChI=1S/C31H52O/c1-20(2)21-12-15-28(5)18-19-30(7)22(26(21)28)10-11-24-29(6)16-14-25(32-9)27(3,4)23(29)13-17-31(24,30)8/h21-26H,1,10-19H2,2-9H3/t21-,22+,23-,24-,25-,26+,28+,29-,30+,31+/m0/s1. The van der Waals surface area contributed by atoms with E-state index < -0.39 is 0 Å². The molecule has 0 amide bonds. The Morgan fingerprint density at radius 3 is 2.12 bits per heavy atom. The molecule has 182 valence electrons. The molecule has 0 saturated heterocycles. The monoisotopic (exact) mass is 440 g/mol. The Morgan fingerprint density at radius 2 is 1.47 bits per heavy atom. The number of rotatable bonds is 2. The van der Waals surface area contributed by atoms with Crippen LogP contribution in [0.5, 0.6) is 0 Å². The van der Waals surface area contributed by atoms with Crippen molar-refractivity contribution in [1.29, 1.82) is 0 Å². The first-order valence-electron chi connectivity index (χ1n) is 14.0. The quantitative estimate of drug-likeness (QED) is 0.390. The molecule has 32 heavy (non-hydrogen) atoms. The summed E-state index contributed by atoms with van der Waals surface area (Å²) in [6.45, 7) is 22.8. The smallest absolute Gasteiger partial charge is 0.0625 e. The second kappa shape index (κ2) is 7.11. The third-order valence-corrected chi connectivity index (χ3v) is 13.7. The lowest BCUT2D eigenvalue weighted by molar-refractivity contribution is -0.248. The molecule has 1 nitrogen and oxygen atoms in total. The zero-order valence-electron chi connectivity index (χ0n) is 22.7. The normalized spacial score (nSPS) is 56.5. The van der Waals surface area contributed by atoms with Gasteiger partial charge in [0.15, 0.2) is 0 Å². The summed E-state index contributed by atoms with van der Waals surface area (Å²) in [4.78, 5) is 0. The zero-order valence-corrected chi connectivity index (χ0v) is 22.7. The number of allylic oxidation sites excluding steroid dienone is 1. The van der Waals surface area contributed by atoms with E-state index in [0.29, 0.717) is 33.2 Å². The first kappa shape index (κ1) is 23.4. The van der Waals surface area contributed by atoms with Gasteiger partial charge in [0.05, 0.1) is 6.10 Å². The van der Waals surface area contributed by atoms with Gasteiger partial charge in [0.2, 0.25) is 0 Å². The molecule has 0 bridgehead atoms. The van der Waals surface area contributed by atoms with E-state index in [9.17, 15) is 0 Å². The van der Waals surface area contributed by atoms with Gasteiger partial charge in [-0.25, -0.2) is 0 Å². The Kier molecular flexibility index (Phi) is 5.21. The average molecular weight is 441 g/mol. The molecule has 0 aromatic heterocycles. The molecule has 0 aromatic rings. The number of hydrogen-bond acceptors (Lipinski definition) is 1. The molecule has 5 rings (SSSR count). The second-order valence-corrected chi connectivity index (χ2v) is 14.9. The predicted molar refractivity (Wildman–Crippen MR) is 135 cm³/mol. The fraction of sp³-hybridized carbons (Fsp3) is 0.935. The van der Waals surface area contributed by atoms with Crippen molar-refractivity contribution >= 4 is 0 Å². The highest BCUT2D eigenvalue weighted by atomic mass is 16.5. The molecule has 0 aliphatic heterocycles. The van der Waals surface area contributed by atoms with E-state index in [1.54, 1.807) is 0 Å². The molecule has 0 N–H and O–H groups in total. The van der Waals surface area contributed by atoms with Crippen LogP contribution in [0, 0.1) is 56.7 Å². The Labute approximate surface area is 199 Å². The molecule has 1 heteroatoms. The van der Waals surface area contributed by atoms with E-state index in [1.165, 1.54) is 69.8 Å². The summed E-state index contributed by atoms with van der Waals surface area (Å²) in [5.74, 6) is 4.22. The average Bonchev–Trinajstić information content (AvgIpc) is 3.06. The highest BCUT2D eigenvalue weighted by Crippen LogP contribution is 2.77. The van der Waals surface area contributed by atoms with Gasteiger partial charge in [-0.05, 0) is 128 Å². The summed E-state index contributed by atoms with van der Waals surface area (Å²) in [5.41, 5.74) is 3.79. The summed E-state index contributed by atoms with van der Waals surface area (Å²) in [6.07, 6.45) is 14.6. The van der Waals surface area contributed by atoms with Crippen LogP contribution in [-0.2, 0) is 4.74 Å². The molecule has 5 aliphatic rings. The van der Waals surface area contributed by atoms with Crippen LogP contribution in [0.25, 0.3) is 0 Å². The van der Waals surface area contributed by atoms with Crippen molar-refractivity contribution in [3.05, 3.63) is 12.2 Å². The van der Waals surface area contributed by atoms with Gasteiger partial charge in [-0.2, -0.15) is 0 Å². The molecule has 0 heterocycles. The Hall–Kier alpha value is -0.300. The lowest BCUT2D eigenvalue weighted by Crippen LogP contribution is -2.66. The number of methoxy groups -OCH3 is 1. The highest BCUT2D eigenvalue weighted by molar-refractivity contribution is 5.21. The molecule has 0 spiro atoms. The molecule has 5 aliphatic carbocycles. The SMILES string of the molecule is C=C(C)[C@@H]1CC[C@]2(C)CC[C@]3(C)[C@H](CC[C@H]4[C@@]5(C)CC[C@H](OC)C(C)(C)[C@@H]5CC[C@]43C)[C@@H]12. The molecule has 10 atom stereocenters. The number of hydrogen-bond donors (Lipinski definition) is 0. The van der Waals surface area contributed by atoms with Gasteiger partial charge in [0, 0.05) is 7.11 Å². The molecule has 5 saturated carbocycles. The van der Waals surface area contributed by atoms with Gasteiger partial charge in [-0.3, -0.25) is 0 Å². The van der Waals surface area contributed by atoms with E-state index >= 15 is 0 Å². The van der Waals surface area contributed by atoms with Gasteiger partial charge in [0.25, 0.3) is 0 Å². The minimum atomic E-state index is 0.294. The van der Waals surface area contributed by atoms with Crippen LogP contribution in [0.1, 0.15) is 113 Å². The van der Waals surface area contributed by atoms with Crippen LogP contribution in [0.15, 0.2) is 12.2 Å². The third kappa shape index (κ3) is 2.73. The van der Waals surface area contributed by atoms with Gasteiger partial charge < -0.3 is 4.74 Å². The second-order valence-electron chi connectivity index (χ2n) is 14.9. The fourth-order valence-electron chi connectivity index (χ4n) is 11.9. The number of ether oxygens (including phenoxy) is 1. The Bertz CT molecular complexity index is 781. The maximum absolute atomic E-state index is 6.05. The maximum atomic E-state index is 6.05. The van der Waals surface area contributed by atoms with Crippen molar-refractivity contribution in [2.45, 2.75) is 119 Å². The first-order chi connectivity index (χ1) is 14.8. The maximum Gasteiger partial charge on any atom is 0.0625 e. The number of fused-ring (bicyclic) bond motifs is 7. The van der Waals surface area contributed by atoms with Gasteiger partial charge in [-0.15, -0.1) is 0 Å². The van der Waals surface area contributed by atoms with Crippen molar-refractivity contribution in [1.82, 2.24) is 0 Å². The molecule has 0 radical (unpaired) electrons. The third-order valence-electron chi connectivity index (χ3n) is 13.7. The highest BCUT2D eigenvalue weighted by Gasteiger charge is 2.70. The Morgan fingerprint density at radius 1 is 0.750 bits per heavy atom. The van der Waals surface area contributed by atoms with Crippen LogP contribution in [-0.4, -0.2) is 13.2 Å². The van der Waals surface area contributed by atoms with Crippen molar-refractivity contribution in [3.8, 4) is 0 Å². The molecular weight excluding hydrogens is 388 g/mol. The topological polar surface area (TPSA) is 9.23 Å². The summed E-state index contributed by atoms with van der Waals surface area (Å²) in [7, 11) is 1.95. The van der Waals surface area contributed by atoms with E-state index in [1.807, 2.05) is 7.11 Å². The van der Waals surface area contributed by atoms with Gasteiger partial charge in [0.1, 0.15) is 0 Å². The fourth-order valence-corrected chi connectivity index (χ4v) is 11.9. The van der Waals surface area contributed by atoms with Crippen LogP contribution in [0.3, 0.4) is 0 Å². The van der Waals surface area contributed by atoms with E-state index in [-0.39, 0.29) is 0 Å². The lowest BCUT2D eigenvalue weighted by atomic mass is 9.32. The first-order valence-corrected chi connectivity index (χ1v) is 14.0. The van der Waals surface area contributed by atoms with E-state index in [0.717, 1.165) is 29.6 Å². The van der Waals surface area contributed by atoms with Crippen LogP contribution in [0.4, 0.5) is 0 Å². The van der Waals surface area contributed by atoms with Crippen LogP contribution >= 0.6 is 0 Å². The molecule has 5 fully saturated rings. The van der Waals surface area contributed by atoms with Crippen molar-refractivity contribution < 1.29 is 4.74 Å². The van der Waals surface area contributed by atoms with Gasteiger partial charge >= 0.3 is 0 Å². The minimum Gasteiger partial charge on any atom is -0.381 e. The minimum absolute atomic E-state index is 0.294. The summed E-state index contributed by atoms with van der Waals surface area (Å²) < 4.78 is 6.05. The predicted octanol–water partition coefficient (Wildman–Crippen LogP) is 8.68. The molecular formula is C31H52O. The zero-order chi connectivity index (χ0) is 23.3. The largest absolute Gasteiger partial charge is 0.381 e. The summed E-state index contributed by atoms with van der Waals surface area (Å²) >= 11 is 0. The lowest BCUT2D eigenvalue weighted by Gasteiger charge is -2.73. The van der Waals surface area contributed by atoms with Crippen molar-refractivity contribution in [2.75, 3.05) is 7.11 Å².